The first-order valence-corrected chi connectivity index (χ1v) is 8.56. The van der Waals surface area contributed by atoms with Gasteiger partial charge in [-0.3, -0.25) is 4.79 Å². The number of aliphatic imine (C=N–C) groups is 1. The smallest absolute Gasteiger partial charge is 0.234 e. The molecule has 0 atom stereocenters. The van der Waals surface area contributed by atoms with Crippen LogP contribution >= 0.6 is 23.4 Å². The Balaban J connectivity index is 1.58. The van der Waals surface area contributed by atoms with E-state index in [1.54, 1.807) is 0 Å². The van der Waals surface area contributed by atoms with E-state index >= 15 is 0 Å². The average molecular weight is 365 g/mol. The molecule has 1 amide bonds. The van der Waals surface area contributed by atoms with Crippen LogP contribution in [0.15, 0.2) is 41.4 Å². The molecule has 0 spiro atoms. The minimum absolute atomic E-state index is 0.0302. The number of fused-ring (bicyclic) bond motifs is 1. The van der Waals surface area contributed by atoms with Gasteiger partial charge in [0.25, 0.3) is 0 Å². The number of ether oxygens (including phenoxy) is 1. The number of halogens is 2. The molecule has 1 aliphatic heterocycles. The summed E-state index contributed by atoms with van der Waals surface area (Å²) in [6.07, 6.45) is 0. The van der Waals surface area contributed by atoms with Crippen molar-refractivity contribution in [3.63, 3.8) is 0 Å². The molecular weight excluding hydrogens is 351 g/mol. The summed E-state index contributed by atoms with van der Waals surface area (Å²) in [5, 5.41) is 3.37. The third kappa shape index (κ3) is 4.07. The molecule has 24 heavy (non-hydrogen) atoms. The van der Waals surface area contributed by atoms with Crippen LogP contribution in [0.2, 0.25) is 5.02 Å². The molecular formula is C17H14ClFN2O2S. The SMILES string of the molecule is Cc1ccc2c(c1)OCC(SCC(=O)Nc1ccc(F)c(Cl)c1)=N2. The van der Waals surface area contributed by atoms with Crippen molar-refractivity contribution < 1.29 is 13.9 Å². The average Bonchev–Trinajstić information content (AvgIpc) is 2.56. The molecule has 3 rings (SSSR count). The molecule has 0 saturated carbocycles. The Bertz CT molecular complexity index is 826. The number of nitrogens with one attached hydrogen (secondary N) is 1. The van der Waals surface area contributed by atoms with E-state index in [0.29, 0.717) is 12.3 Å². The minimum atomic E-state index is -0.522. The summed E-state index contributed by atoms with van der Waals surface area (Å²) < 4.78 is 18.7. The van der Waals surface area contributed by atoms with E-state index in [0.717, 1.165) is 22.0 Å². The lowest BCUT2D eigenvalue weighted by Crippen LogP contribution is -2.18. The second-order valence-electron chi connectivity index (χ2n) is 5.23. The lowest BCUT2D eigenvalue weighted by Gasteiger charge is -2.16. The number of nitrogens with zero attached hydrogens (tertiary/aromatic N) is 1. The fourth-order valence-electron chi connectivity index (χ4n) is 2.13. The van der Waals surface area contributed by atoms with Crippen LogP contribution in [0.5, 0.6) is 5.75 Å². The van der Waals surface area contributed by atoms with Crippen LogP contribution in [0.4, 0.5) is 15.8 Å². The molecule has 0 unspecified atom stereocenters. The number of hydrogen-bond acceptors (Lipinski definition) is 4. The van der Waals surface area contributed by atoms with E-state index in [9.17, 15) is 9.18 Å². The van der Waals surface area contributed by atoms with Crippen molar-refractivity contribution in [2.75, 3.05) is 17.7 Å². The van der Waals surface area contributed by atoms with Crippen molar-refractivity contribution in [3.8, 4) is 5.75 Å². The molecule has 0 aromatic heterocycles. The first kappa shape index (κ1) is 16.8. The van der Waals surface area contributed by atoms with Gasteiger partial charge in [-0.1, -0.05) is 29.4 Å². The Labute approximate surface area is 148 Å². The zero-order valence-corrected chi connectivity index (χ0v) is 14.4. The van der Waals surface area contributed by atoms with Crippen molar-refractivity contribution >= 4 is 45.7 Å². The third-order valence-corrected chi connectivity index (χ3v) is 4.52. The quantitative estimate of drug-likeness (QED) is 0.867. The molecule has 1 aliphatic rings. The first-order chi connectivity index (χ1) is 11.5. The van der Waals surface area contributed by atoms with Gasteiger partial charge in [-0.25, -0.2) is 9.38 Å². The van der Waals surface area contributed by atoms with Crippen molar-refractivity contribution in [2.45, 2.75) is 6.92 Å². The van der Waals surface area contributed by atoms with Crippen molar-refractivity contribution in [1.29, 1.82) is 0 Å². The van der Waals surface area contributed by atoms with Crippen LogP contribution in [0.1, 0.15) is 5.56 Å². The van der Waals surface area contributed by atoms with Crippen LogP contribution < -0.4 is 10.1 Å². The predicted molar refractivity (Wildman–Crippen MR) is 96.3 cm³/mol. The van der Waals surface area contributed by atoms with Gasteiger partial charge in [-0.2, -0.15) is 0 Å². The molecule has 2 aromatic carbocycles. The number of aryl methyl sites for hydroxylation is 1. The number of amides is 1. The maximum absolute atomic E-state index is 13.1. The second kappa shape index (κ2) is 7.23. The fourth-order valence-corrected chi connectivity index (χ4v) is 2.98. The predicted octanol–water partition coefficient (Wildman–Crippen LogP) is 4.58. The van der Waals surface area contributed by atoms with Crippen LogP contribution in [0.3, 0.4) is 0 Å². The van der Waals surface area contributed by atoms with Gasteiger partial charge in [-0.05, 0) is 42.8 Å². The number of thioether (sulfide) groups is 1. The Hall–Kier alpha value is -2.05. The van der Waals surface area contributed by atoms with Crippen molar-refractivity contribution in [2.24, 2.45) is 4.99 Å². The third-order valence-electron chi connectivity index (χ3n) is 3.28. The largest absolute Gasteiger partial charge is 0.484 e. The standard InChI is InChI=1S/C17H14ClFN2O2S/c1-10-2-5-14-15(6-10)23-8-17(21-14)24-9-16(22)20-11-3-4-13(19)12(18)7-11/h2-7H,8-9H2,1H3,(H,20,22). The Morgan fingerprint density at radius 2 is 2.21 bits per heavy atom. The molecule has 1 heterocycles. The van der Waals surface area contributed by atoms with E-state index in [1.807, 2.05) is 25.1 Å². The zero-order chi connectivity index (χ0) is 17.1. The summed E-state index contributed by atoms with van der Waals surface area (Å²) in [6.45, 7) is 2.33. The van der Waals surface area contributed by atoms with E-state index < -0.39 is 5.82 Å². The van der Waals surface area contributed by atoms with Gasteiger partial charge in [0.1, 0.15) is 28.9 Å². The molecule has 0 aliphatic carbocycles. The van der Waals surface area contributed by atoms with Crippen LogP contribution in [-0.4, -0.2) is 23.3 Å². The second-order valence-corrected chi connectivity index (χ2v) is 6.69. The van der Waals surface area contributed by atoms with Gasteiger partial charge < -0.3 is 10.1 Å². The highest BCUT2D eigenvalue weighted by molar-refractivity contribution is 8.14. The van der Waals surface area contributed by atoms with E-state index in [4.69, 9.17) is 16.3 Å². The number of benzene rings is 2. The number of anilines is 1. The molecule has 124 valence electrons. The van der Waals surface area contributed by atoms with Crippen molar-refractivity contribution in [1.82, 2.24) is 0 Å². The zero-order valence-electron chi connectivity index (χ0n) is 12.8. The number of carbonyl (C=O) groups is 1. The first-order valence-electron chi connectivity index (χ1n) is 7.20. The number of hydrogen-bond donors (Lipinski definition) is 1. The van der Waals surface area contributed by atoms with E-state index in [1.165, 1.54) is 30.0 Å². The minimum Gasteiger partial charge on any atom is -0.484 e. The van der Waals surface area contributed by atoms with Gasteiger partial charge in [0, 0.05) is 5.69 Å². The van der Waals surface area contributed by atoms with Gasteiger partial charge in [0.15, 0.2) is 0 Å². The van der Waals surface area contributed by atoms with Crippen molar-refractivity contribution in [3.05, 3.63) is 52.8 Å². The van der Waals surface area contributed by atoms with Gasteiger partial charge in [0.05, 0.1) is 10.8 Å². The molecule has 1 N–H and O–H groups in total. The highest BCUT2D eigenvalue weighted by atomic mass is 35.5. The summed E-state index contributed by atoms with van der Waals surface area (Å²) in [5.74, 6) is 0.190. The lowest BCUT2D eigenvalue weighted by molar-refractivity contribution is -0.113. The van der Waals surface area contributed by atoms with Gasteiger partial charge in [0.2, 0.25) is 5.91 Å². The summed E-state index contributed by atoms with van der Waals surface area (Å²) in [6, 6.07) is 9.84. The molecule has 0 fully saturated rings. The van der Waals surface area contributed by atoms with Crippen LogP contribution in [0.25, 0.3) is 0 Å². The van der Waals surface area contributed by atoms with Crippen LogP contribution in [0, 0.1) is 12.7 Å². The highest BCUT2D eigenvalue weighted by Crippen LogP contribution is 2.33. The molecule has 4 nitrogen and oxygen atoms in total. The Kier molecular flexibility index (Phi) is 5.06. The molecule has 0 saturated heterocycles. The number of rotatable bonds is 3. The summed E-state index contributed by atoms with van der Waals surface area (Å²) >= 11 is 6.99. The summed E-state index contributed by atoms with van der Waals surface area (Å²) in [7, 11) is 0. The Morgan fingerprint density at radius 3 is 3.00 bits per heavy atom. The Morgan fingerprint density at radius 1 is 1.38 bits per heavy atom. The maximum atomic E-state index is 13.1. The van der Waals surface area contributed by atoms with E-state index in [-0.39, 0.29) is 16.7 Å². The van der Waals surface area contributed by atoms with E-state index in [2.05, 4.69) is 10.3 Å². The summed E-state index contributed by atoms with van der Waals surface area (Å²) in [4.78, 5) is 16.5. The highest BCUT2D eigenvalue weighted by Gasteiger charge is 2.15. The topological polar surface area (TPSA) is 50.7 Å². The molecule has 0 radical (unpaired) electrons. The molecule has 0 bridgehead atoms. The molecule has 7 heteroatoms. The molecule has 2 aromatic rings. The van der Waals surface area contributed by atoms with Gasteiger partial charge >= 0.3 is 0 Å². The fraction of sp³-hybridized carbons (Fsp3) is 0.176. The maximum Gasteiger partial charge on any atom is 0.234 e. The monoisotopic (exact) mass is 364 g/mol. The van der Waals surface area contributed by atoms with Gasteiger partial charge in [-0.15, -0.1) is 0 Å². The van der Waals surface area contributed by atoms with Crippen LogP contribution in [-0.2, 0) is 4.79 Å². The summed E-state index contributed by atoms with van der Waals surface area (Å²) in [5.41, 5.74) is 2.33. The normalized spacial score (nSPS) is 12.9. The number of carbonyl (C=O) groups excluding carboxylic acids is 1. The lowest BCUT2D eigenvalue weighted by atomic mass is 10.2.